The molecule has 5 heteroatoms. The quantitative estimate of drug-likeness (QED) is 0.657. The average Bonchev–Trinajstić information content (AvgIpc) is 2.95. The molecule has 1 aliphatic rings. The Balaban J connectivity index is 1.65. The van der Waals surface area contributed by atoms with Crippen molar-refractivity contribution >= 4 is 17.5 Å². The van der Waals surface area contributed by atoms with Gasteiger partial charge in [0.05, 0.1) is 13.2 Å². The highest BCUT2D eigenvalue weighted by atomic mass is 16.5. The molecule has 2 aromatic rings. The third-order valence-corrected chi connectivity index (χ3v) is 4.93. The van der Waals surface area contributed by atoms with Gasteiger partial charge < -0.3 is 15.0 Å². The summed E-state index contributed by atoms with van der Waals surface area (Å²) in [5.41, 5.74) is 2.71. The average molecular weight is 380 g/mol. The van der Waals surface area contributed by atoms with E-state index in [1.807, 2.05) is 48.5 Å². The van der Waals surface area contributed by atoms with Gasteiger partial charge in [0, 0.05) is 18.2 Å². The van der Waals surface area contributed by atoms with Gasteiger partial charge in [-0.05, 0) is 30.2 Å². The van der Waals surface area contributed by atoms with Crippen molar-refractivity contribution in [3.05, 3.63) is 59.7 Å². The summed E-state index contributed by atoms with van der Waals surface area (Å²) in [6.45, 7) is 4.82. The number of carbonyl (C=O) groups is 2. The molecule has 1 atom stereocenters. The monoisotopic (exact) mass is 380 g/mol. The van der Waals surface area contributed by atoms with Gasteiger partial charge in [0.2, 0.25) is 5.91 Å². The van der Waals surface area contributed by atoms with Crippen LogP contribution in [0.15, 0.2) is 48.5 Å². The highest BCUT2D eigenvalue weighted by molar-refractivity contribution is 6.06. The van der Waals surface area contributed by atoms with Gasteiger partial charge in [-0.2, -0.15) is 0 Å². The zero-order valence-corrected chi connectivity index (χ0v) is 16.6. The summed E-state index contributed by atoms with van der Waals surface area (Å²) in [5, 5.41) is 2.76. The first kappa shape index (κ1) is 19.9. The van der Waals surface area contributed by atoms with Crippen molar-refractivity contribution in [3.8, 4) is 5.75 Å². The molecule has 0 spiro atoms. The van der Waals surface area contributed by atoms with E-state index in [2.05, 4.69) is 12.2 Å². The number of hydrogen-bond acceptors (Lipinski definition) is 3. The van der Waals surface area contributed by atoms with Crippen LogP contribution in [0, 0.1) is 0 Å². The number of amides is 2. The Morgan fingerprint density at radius 2 is 1.82 bits per heavy atom. The molecule has 0 saturated carbocycles. The molecule has 0 bridgehead atoms. The van der Waals surface area contributed by atoms with Crippen molar-refractivity contribution in [2.75, 3.05) is 11.5 Å². The number of carbonyl (C=O) groups excluding carboxylic acids is 2. The van der Waals surface area contributed by atoms with E-state index in [1.165, 1.54) is 26.2 Å². The highest BCUT2D eigenvalue weighted by Crippen LogP contribution is 2.36. The number of nitrogens with one attached hydrogen (secondary N) is 1. The molecule has 1 N–H and O–H groups in total. The summed E-state index contributed by atoms with van der Waals surface area (Å²) >= 11 is 0. The third kappa shape index (κ3) is 4.71. The lowest BCUT2D eigenvalue weighted by Crippen LogP contribution is -2.36. The number of hydrogen-bond donors (Lipinski definition) is 1. The van der Waals surface area contributed by atoms with E-state index in [9.17, 15) is 9.59 Å². The van der Waals surface area contributed by atoms with E-state index in [-0.39, 0.29) is 11.8 Å². The summed E-state index contributed by atoms with van der Waals surface area (Å²) < 4.78 is 5.79. The largest absolute Gasteiger partial charge is 0.494 e. The van der Waals surface area contributed by atoms with E-state index in [0.717, 1.165) is 35.6 Å². The van der Waals surface area contributed by atoms with Gasteiger partial charge in [-0.1, -0.05) is 56.5 Å². The number of para-hydroxylation sites is 1. The molecule has 1 aliphatic heterocycles. The number of ether oxygens (including phenoxy) is 1. The minimum absolute atomic E-state index is 0.104. The Bertz CT molecular complexity index is 817. The molecule has 0 radical (unpaired) electrons. The first-order valence-corrected chi connectivity index (χ1v) is 9.99. The Morgan fingerprint density at radius 1 is 1.07 bits per heavy atom. The molecular weight excluding hydrogens is 352 g/mol. The predicted octanol–water partition coefficient (Wildman–Crippen LogP) is 4.37. The molecule has 0 fully saturated rings. The molecular formula is C23H28N2O3. The number of rotatable bonds is 9. The van der Waals surface area contributed by atoms with Gasteiger partial charge in [-0.25, -0.2) is 0 Å². The van der Waals surface area contributed by atoms with E-state index in [4.69, 9.17) is 4.74 Å². The van der Waals surface area contributed by atoms with Gasteiger partial charge in [-0.3, -0.25) is 9.59 Å². The summed E-state index contributed by atoms with van der Waals surface area (Å²) in [4.78, 5) is 26.1. The molecule has 0 saturated heterocycles. The zero-order valence-electron chi connectivity index (χ0n) is 16.6. The van der Waals surface area contributed by atoms with E-state index >= 15 is 0 Å². The molecule has 3 rings (SSSR count). The van der Waals surface area contributed by atoms with Crippen LogP contribution in [0.2, 0.25) is 0 Å². The van der Waals surface area contributed by atoms with Crippen LogP contribution in [0.5, 0.6) is 5.75 Å². The Labute approximate surface area is 166 Å². The lowest BCUT2D eigenvalue weighted by atomic mass is 10.1. The number of benzene rings is 2. The molecule has 5 nitrogen and oxygen atoms in total. The van der Waals surface area contributed by atoms with Crippen molar-refractivity contribution in [3.63, 3.8) is 0 Å². The van der Waals surface area contributed by atoms with Crippen LogP contribution in [-0.2, 0) is 16.1 Å². The molecule has 0 aliphatic carbocycles. The number of anilines is 1. The van der Waals surface area contributed by atoms with Gasteiger partial charge in [0.1, 0.15) is 11.8 Å². The van der Waals surface area contributed by atoms with Gasteiger partial charge in [-0.15, -0.1) is 0 Å². The smallest absolute Gasteiger partial charge is 0.254 e. The van der Waals surface area contributed by atoms with Crippen LogP contribution in [0.3, 0.4) is 0 Å². The number of nitrogens with zero attached hydrogens (tertiary/aromatic N) is 1. The van der Waals surface area contributed by atoms with Crippen LogP contribution in [-0.4, -0.2) is 18.4 Å². The second-order valence-corrected chi connectivity index (χ2v) is 7.17. The fourth-order valence-electron chi connectivity index (χ4n) is 3.48. The molecule has 0 aromatic heterocycles. The molecule has 2 aromatic carbocycles. The Hall–Kier alpha value is -2.82. The van der Waals surface area contributed by atoms with E-state index < -0.39 is 6.04 Å². The van der Waals surface area contributed by atoms with Crippen LogP contribution in [0.25, 0.3) is 0 Å². The van der Waals surface area contributed by atoms with Crippen LogP contribution in [0.1, 0.15) is 56.7 Å². The van der Waals surface area contributed by atoms with Gasteiger partial charge >= 0.3 is 0 Å². The molecule has 2 amide bonds. The highest BCUT2D eigenvalue weighted by Gasteiger charge is 2.37. The SMILES string of the molecule is CCCCCCOc1ccc(CN2C(=O)C(NC(C)=O)c3ccccc32)cc1. The lowest BCUT2D eigenvalue weighted by molar-refractivity contribution is -0.126. The van der Waals surface area contributed by atoms with Gasteiger partial charge in [0.25, 0.3) is 5.91 Å². The fraction of sp³-hybridized carbons (Fsp3) is 0.391. The van der Waals surface area contributed by atoms with Crippen molar-refractivity contribution in [1.29, 1.82) is 0 Å². The van der Waals surface area contributed by atoms with Crippen molar-refractivity contribution in [1.82, 2.24) is 5.32 Å². The standard InChI is InChI=1S/C23H28N2O3/c1-3-4-5-8-15-28-19-13-11-18(12-14-19)16-25-21-10-7-6-9-20(21)22(23(25)27)24-17(2)26/h6-7,9-14,22H,3-5,8,15-16H2,1-2H3,(H,24,26). The second-order valence-electron chi connectivity index (χ2n) is 7.17. The van der Waals surface area contributed by atoms with Crippen molar-refractivity contribution in [2.24, 2.45) is 0 Å². The molecule has 148 valence electrons. The summed E-state index contributed by atoms with van der Waals surface area (Å²) in [6, 6.07) is 14.9. The first-order valence-electron chi connectivity index (χ1n) is 9.99. The Morgan fingerprint density at radius 3 is 2.54 bits per heavy atom. The number of fused-ring (bicyclic) bond motifs is 1. The fourth-order valence-corrected chi connectivity index (χ4v) is 3.48. The van der Waals surface area contributed by atoms with E-state index in [1.54, 1.807) is 4.90 Å². The summed E-state index contributed by atoms with van der Waals surface area (Å²) in [7, 11) is 0. The van der Waals surface area contributed by atoms with Crippen LogP contribution < -0.4 is 15.0 Å². The zero-order chi connectivity index (χ0) is 19.9. The summed E-state index contributed by atoms with van der Waals surface area (Å²) in [6.07, 6.45) is 4.72. The maximum absolute atomic E-state index is 12.9. The van der Waals surface area contributed by atoms with Crippen molar-refractivity contribution < 1.29 is 14.3 Å². The maximum Gasteiger partial charge on any atom is 0.254 e. The summed E-state index contributed by atoms with van der Waals surface area (Å²) in [5.74, 6) is 0.535. The Kier molecular flexibility index (Phi) is 6.69. The minimum atomic E-state index is -0.612. The lowest BCUT2D eigenvalue weighted by Gasteiger charge is -2.18. The molecule has 1 heterocycles. The predicted molar refractivity (Wildman–Crippen MR) is 110 cm³/mol. The second kappa shape index (κ2) is 9.40. The molecule has 28 heavy (non-hydrogen) atoms. The van der Waals surface area contributed by atoms with Crippen LogP contribution in [0.4, 0.5) is 5.69 Å². The van der Waals surface area contributed by atoms with Crippen molar-refractivity contribution in [2.45, 2.75) is 52.1 Å². The van der Waals surface area contributed by atoms with E-state index in [0.29, 0.717) is 6.54 Å². The number of unbranched alkanes of at least 4 members (excludes halogenated alkanes) is 3. The normalized spacial score (nSPS) is 15.4. The van der Waals surface area contributed by atoms with Gasteiger partial charge in [0.15, 0.2) is 0 Å². The van der Waals surface area contributed by atoms with Crippen LogP contribution >= 0.6 is 0 Å². The molecule has 1 unspecified atom stereocenters. The topological polar surface area (TPSA) is 58.6 Å². The minimum Gasteiger partial charge on any atom is -0.494 e. The third-order valence-electron chi connectivity index (χ3n) is 4.93. The first-order chi connectivity index (χ1) is 13.6. The maximum atomic E-state index is 12.9.